The molecule has 2 rings (SSSR count). The predicted molar refractivity (Wildman–Crippen MR) is 68.7 cm³/mol. The largest absolute Gasteiger partial charge is 0.486 e. The summed E-state index contributed by atoms with van der Waals surface area (Å²) in [6.45, 7) is 2.12. The van der Waals surface area contributed by atoms with Gasteiger partial charge in [0, 0.05) is 5.56 Å². The van der Waals surface area contributed by atoms with Crippen molar-refractivity contribution >= 4 is 23.2 Å². The molecule has 1 aliphatic heterocycles. The second-order valence-corrected chi connectivity index (χ2v) is 4.81. The standard InChI is InChI=1S/C12H15Cl2NO2/c1-3-4-9-11(15-16-2)7-5-6-8(13)10(14)12(7)17-9/h5-6,9,11,15H,3-4H2,1-2H3. The van der Waals surface area contributed by atoms with Crippen LogP contribution in [0.3, 0.4) is 0 Å². The molecule has 5 heteroatoms. The van der Waals surface area contributed by atoms with Crippen molar-refractivity contribution < 1.29 is 9.57 Å². The van der Waals surface area contributed by atoms with Crippen LogP contribution in [-0.2, 0) is 4.84 Å². The van der Waals surface area contributed by atoms with E-state index in [1.165, 1.54) is 0 Å². The molecule has 17 heavy (non-hydrogen) atoms. The quantitative estimate of drug-likeness (QED) is 0.850. The highest BCUT2D eigenvalue weighted by atomic mass is 35.5. The van der Waals surface area contributed by atoms with E-state index in [2.05, 4.69) is 12.4 Å². The van der Waals surface area contributed by atoms with Gasteiger partial charge in [-0.15, -0.1) is 0 Å². The first-order valence-electron chi connectivity index (χ1n) is 5.62. The number of fused-ring (bicyclic) bond motifs is 1. The molecular formula is C12H15Cl2NO2. The van der Waals surface area contributed by atoms with Crippen molar-refractivity contribution in [3.8, 4) is 5.75 Å². The molecule has 3 nitrogen and oxygen atoms in total. The fourth-order valence-corrected chi connectivity index (χ4v) is 2.47. The summed E-state index contributed by atoms with van der Waals surface area (Å²) in [7, 11) is 1.60. The van der Waals surface area contributed by atoms with E-state index in [0.717, 1.165) is 18.4 Å². The van der Waals surface area contributed by atoms with Gasteiger partial charge in [0.1, 0.15) is 16.9 Å². The molecule has 0 bridgehead atoms. The fraction of sp³-hybridized carbons (Fsp3) is 0.500. The van der Waals surface area contributed by atoms with Crippen LogP contribution in [0.4, 0.5) is 0 Å². The molecule has 2 atom stereocenters. The van der Waals surface area contributed by atoms with Crippen molar-refractivity contribution in [1.82, 2.24) is 5.48 Å². The molecule has 0 aromatic heterocycles. The van der Waals surface area contributed by atoms with Crippen molar-refractivity contribution in [2.45, 2.75) is 31.9 Å². The summed E-state index contributed by atoms with van der Waals surface area (Å²) >= 11 is 12.1. The zero-order valence-electron chi connectivity index (χ0n) is 9.80. The minimum absolute atomic E-state index is 0.00437. The SMILES string of the molecule is CCCC1Oc2c(ccc(Cl)c2Cl)C1NOC. The first-order valence-corrected chi connectivity index (χ1v) is 6.37. The van der Waals surface area contributed by atoms with Crippen molar-refractivity contribution in [1.29, 1.82) is 0 Å². The lowest BCUT2D eigenvalue weighted by molar-refractivity contribution is 0.0269. The summed E-state index contributed by atoms with van der Waals surface area (Å²) in [5, 5.41) is 0.990. The lowest BCUT2D eigenvalue weighted by Crippen LogP contribution is -2.30. The van der Waals surface area contributed by atoms with Gasteiger partial charge in [0.2, 0.25) is 0 Å². The Bertz CT molecular complexity index is 412. The molecule has 2 unspecified atom stereocenters. The molecule has 0 saturated carbocycles. The molecule has 0 saturated heterocycles. The maximum absolute atomic E-state index is 6.14. The van der Waals surface area contributed by atoms with Crippen LogP contribution in [0.5, 0.6) is 5.75 Å². The van der Waals surface area contributed by atoms with Gasteiger partial charge in [-0.2, -0.15) is 5.48 Å². The first kappa shape index (κ1) is 13.0. The molecule has 0 amide bonds. The van der Waals surface area contributed by atoms with Gasteiger partial charge in [0.15, 0.2) is 0 Å². The summed E-state index contributed by atoms with van der Waals surface area (Å²) in [6.07, 6.45) is 2.00. The molecule has 1 aromatic rings. The molecule has 0 fully saturated rings. The Balaban J connectivity index is 2.35. The van der Waals surface area contributed by atoms with Crippen molar-refractivity contribution in [2.24, 2.45) is 0 Å². The minimum Gasteiger partial charge on any atom is -0.486 e. The predicted octanol–water partition coefficient (Wildman–Crippen LogP) is 3.75. The van der Waals surface area contributed by atoms with Crippen LogP contribution in [0.1, 0.15) is 31.4 Å². The average Bonchev–Trinajstić information content (AvgIpc) is 2.65. The summed E-state index contributed by atoms with van der Waals surface area (Å²) in [4.78, 5) is 5.02. The number of hydrogen-bond donors (Lipinski definition) is 1. The summed E-state index contributed by atoms with van der Waals surface area (Å²) < 4.78 is 5.87. The normalized spacial score (nSPS) is 22.4. The van der Waals surface area contributed by atoms with Gasteiger partial charge in [-0.1, -0.05) is 42.6 Å². The van der Waals surface area contributed by atoms with E-state index in [1.54, 1.807) is 13.2 Å². The Hall–Kier alpha value is -0.480. The van der Waals surface area contributed by atoms with E-state index < -0.39 is 0 Å². The van der Waals surface area contributed by atoms with Crippen LogP contribution in [-0.4, -0.2) is 13.2 Å². The van der Waals surface area contributed by atoms with Gasteiger partial charge >= 0.3 is 0 Å². The highest BCUT2D eigenvalue weighted by Gasteiger charge is 2.35. The van der Waals surface area contributed by atoms with Crippen molar-refractivity contribution in [3.05, 3.63) is 27.7 Å². The molecule has 1 aliphatic rings. The molecular weight excluding hydrogens is 261 g/mol. The number of halogens is 2. The monoisotopic (exact) mass is 275 g/mol. The molecule has 1 heterocycles. The summed E-state index contributed by atoms with van der Waals surface area (Å²) in [6, 6.07) is 3.71. The Kier molecular flexibility index (Phi) is 4.15. The maximum Gasteiger partial charge on any atom is 0.144 e. The highest BCUT2D eigenvalue weighted by molar-refractivity contribution is 6.43. The van der Waals surface area contributed by atoms with E-state index in [-0.39, 0.29) is 12.1 Å². The van der Waals surface area contributed by atoms with Gasteiger partial charge in [0.05, 0.1) is 18.2 Å². The maximum atomic E-state index is 6.14. The zero-order chi connectivity index (χ0) is 12.4. The van der Waals surface area contributed by atoms with E-state index >= 15 is 0 Å². The third kappa shape index (κ3) is 2.38. The smallest absolute Gasteiger partial charge is 0.144 e. The first-order chi connectivity index (χ1) is 8.19. The minimum atomic E-state index is 0.00437. The van der Waals surface area contributed by atoms with Gasteiger partial charge in [0.25, 0.3) is 0 Å². The molecule has 0 aliphatic carbocycles. The lowest BCUT2D eigenvalue weighted by atomic mass is 10.0. The number of nitrogens with one attached hydrogen (secondary N) is 1. The Morgan fingerprint density at radius 3 is 2.82 bits per heavy atom. The summed E-state index contributed by atoms with van der Waals surface area (Å²) in [5.74, 6) is 0.673. The van der Waals surface area contributed by atoms with Crippen LogP contribution in [0, 0.1) is 0 Å². The molecule has 0 spiro atoms. The number of ether oxygens (including phenoxy) is 1. The second kappa shape index (κ2) is 5.44. The third-order valence-corrected chi connectivity index (χ3v) is 3.66. The van der Waals surface area contributed by atoms with Gasteiger partial charge in [-0.3, -0.25) is 0 Å². The molecule has 1 N–H and O–H groups in total. The third-order valence-electron chi connectivity index (χ3n) is 2.87. The van der Waals surface area contributed by atoms with Crippen LogP contribution < -0.4 is 10.2 Å². The topological polar surface area (TPSA) is 30.5 Å². The number of benzene rings is 1. The molecule has 0 radical (unpaired) electrons. The lowest BCUT2D eigenvalue weighted by Gasteiger charge is -2.18. The van der Waals surface area contributed by atoms with Gasteiger partial charge in [-0.05, 0) is 12.5 Å². The van der Waals surface area contributed by atoms with Crippen LogP contribution in [0.2, 0.25) is 10.0 Å². The van der Waals surface area contributed by atoms with Crippen molar-refractivity contribution in [3.63, 3.8) is 0 Å². The highest BCUT2D eigenvalue weighted by Crippen LogP contribution is 2.45. The number of hydrogen-bond acceptors (Lipinski definition) is 3. The second-order valence-electron chi connectivity index (χ2n) is 4.02. The molecule has 94 valence electrons. The van der Waals surface area contributed by atoms with E-state index in [0.29, 0.717) is 15.8 Å². The molecule has 1 aromatic carbocycles. The average molecular weight is 276 g/mol. The van der Waals surface area contributed by atoms with E-state index in [4.69, 9.17) is 32.8 Å². The fourth-order valence-electron chi connectivity index (χ4n) is 2.11. The Morgan fingerprint density at radius 1 is 1.41 bits per heavy atom. The van der Waals surface area contributed by atoms with Crippen LogP contribution in [0.25, 0.3) is 0 Å². The van der Waals surface area contributed by atoms with E-state index in [9.17, 15) is 0 Å². The summed E-state index contributed by atoms with van der Waals surface area (Å²) in [5.41, 5.74) is 3.96. The number of rotatable bonds is 4. The van der Waals surface area contributed by atoms with E-state index in [1.807, 2.05) is 6.07 Å². The Morgan fingerprint density at radius 2 is 2.18 bits per heavy atom. The van der Waals surface area contributed by atoms with Gasteiger partial charge < -0.3 is 9.57 Å². The van der Waals surface area contributed by atoms with Crippen LogP contribution >= 0.6 is 23.2 Å². The van der Waals surface area contributed by atoms with Crippen molar-refractivity contribution in [2.75, 3.05) is 7.11 Å². The Labute approximate surface area is 111 Å². The zero-order valence-corrected chi connectivity index (χ0v) is 11.3. The van der Waals surface area contributed by atoms with Crippen LogP contribution in [0.15, 0.2) is 12.1 Å². The number of hydroxylamine groups is 1. The van der Waals surface area contributed by atoms with Gasteiger partial charge in [-0.25, -0.2) is 0 Å².